The summed E-state index contributed by atoms with van der Waals surface area (Å²) in [5.74, 6) is 0.964. The number of aliphatic hydroxyl groups excluding tert-OH is 1. The fourth-order valence-electron chi connectivity index (χ4n) is 2.84. The zero-order valence-electron chi connectivity index (χ0n) is 11.7. The number of rotatable bonds is 4. The Morgan fingerprint density at radius 2 is 2.18 bits per heavy atom. The fourth-order valence-corrected chi connectivity index (χ4v) is 2.84. The van der Waals surface area contributed by atoms with Crippen LogP contribution in [0.3, 0.4) is 0 Å². The standard InChI is InChI=1S/C16H26O/c1-7-15(17)16(5,6)14-10-13(11(2)3)9-8-12(14)4/h7-8,13-15,17H,1-2,9-10H2,3-6H3/t13-,14-,15?/m0/s1. The highest BCUT2D eigenvalue weighted by molar-refractivity contribution is 5.18. The zero-order chi connectivity index (χ0) is 13.2. The van der Waals surface area contributed by atoms with Gasteiger partial charge in [0.05, 0.1) is 6.10 Å². The molecule has 0 bridgehead atoms. The van der Waals surface area contributed by atoms with Crippen LogP contribution in [0, 0.1) is 17.3 Å². The molecule has 0 saturated heterocycles. The van der Waals surface area contributed by atoms with Crippen molar-refractivity contribution >= 4 is 0 Å². The molecule has 1 aliphatic rings. The molecule has 1 N–H and O–H groups in total. The van der Waals surface area contributed by atoms with Crippen molar-refractivity contribution in [2.45, 2.75) is 46.6 Å². The lowest BCUT2D eigenvalue weighted by atomic mass is 9.64. The van der Waals surface area contributed by atoms with Gasteiger partial charge in [-0.1, -0.05) is 43.7 Å². The molecule has 0 spiro atoms. The van der Waals surface area contributed by atoms with E-state index in [-0.39, 0.29) is 5.41 Å². The molecule has 0 amide bonds. The summed E-state index contributed by atoms with van der Waals surface area (Å²) in [7, 11) is 0. The molecule has 0 saturated carbocycles. The van der Waals surface area contributed by atoms with Gasteiger partial charge in [0.1, 0.15) is 0 Å². The van der Waals surface area contributed by atoms with Crippen molar-refractivity contribution < 1.29 is 5.11 Å². The lowest BCUT2D eigenvalue weighted by Gasteiger charge is -2.42. The lowest BCUT2D eigenvalue weighted by Crippen LogP contribution is -2.38. The van der Waals surface area contributed by atoms with Crippen molar-refractivity contribution in [3.8, 4) is 0 Å². The number of hydrogen-bond acceptors (Lipinski definition) is 1. The summed E-state index contributed by atoms with van der Waals surface area (Å²) in [6, 6.07) is 0. The quantitative estimate of drug-likeness (QED) is 0.726. The van der Waals surface area contributed by atoms with Crippen LogP contribution in [-0.4, -0.2) is 11.2 Å². The molecule has 1 aliphatic carbocycles. The van der Waals surface area contributed by atoms with Gasteiger partial charge in [-0.2, -0.15) is 0 Å². The van der Waals surface area contributed by atoms with Crippen LogP contribution in [0.15, 0.2) is 36.5 Å². The molecule has 0 heterocycles. The van der Waals surface area contributed by atoms with E-state index >= 15 is 0 Å². The molecule has 0 radical (unpaired) electrons. The van der Waals surface area contributed by atoms with E-state index in [4.69, 9.17) is 0 Å². The average molecular weight is 234 g/mol. The number of aliphatic hydroxyl groups is 1. The molecule has 0 fully saturated rings. The Balaban J connectivity index is 2.96. The minimum Gasteiger partial charge on any atom is -0.388 e. The van der Waals surface area contributed by atoms with Crippen LogP contribution < -0.4 is 0 Å². The third kappa shape index (κ3) is 2.90. The molecule has 1 heteroatoms. The summed E-state index contributed by atoms with van der Waals surface area (Å²) in [6.45, 7) is 16.3. The van der Waals surface area contributed by atoms with Gasteiger partial charge in [-0.25, -0.2) is 0 Å². The van der Waals surface area contributed by atoms with Crippen LogP contribution in [0.5, 0.6) is 0 Å². The maximum absolute atomic E-state index is 10.1. The Morgan fingerprint density at radius 1 is 1.59 bits per heavy atom. The maximum Gasteiger partial charge on any atom is 0.0774 e. The van der Waals surface area contributed by atoms with Gasteiger partial charge in [0.25, 0.3) is 0 Å². The molecule has 96 valence electrons. The van der Waals surface area contributed by atoms with Gasteiger partial charge in [-0.05, 0) is 38.5 Å². The van der Waals surface area contributed by atoms with Gasteiger partial charge in [-0.15, -0.1) is 6.58 Å². The normalized spacial score (nSPS) is 27.2. The predicted octanol–water partition coefficient (Wildman–Crippen LogP) is 4.11. The van der Waals surface area contributed by atoms with Crippen LogP contribution in [0.1, 0.15) is 40.5 Å². The van der Waals surface area contributed by atoms with Crippen molar-refractivity contribution in [2.75, 3.05) is 0 Å². The first-order valence-corrected chi connectivity index (χ1v) is 6.43. The van der Waals surface area contributed by atoms with Gasteiger partial charge in [0.2, 0.25) is 0 Å². The van der Waals surface area contributed by atoms with E-state index in [2.05, 4.69) is 46.9 Å². The van der Waals surface area contributed by atoms with E-state index in [0.717, 1.165) is 12.8 Å². The summed E-state index contributed by atoms with van der Waals surface area (Å²) in [5, 5.41) is 10.1. The van der Waals surface area contributed by atoms with E-state index in [1.165, 1.54) is 11.1 Å². The second-order valence-corrected chi connectivity index (χ2v) is 6.02. The van der Waals surface area contributed by atoms with Crippen LogP contribution >= 0.6 is 0 Å². The smallest absolute Gasteiger partial charge is 0.0774 e. The van der Waals surface area contributed by atoms with E-state index in [9.17, 15) is 5.11 Å². The monoisotopic (exact) mass is 234 g/mol. The molecule has 0 aliphatic heterocycles. The van der Waals surface area contributed by atoms with Crippen LogP contribution in [0.25, 0.3) is 0 Å². The highest BCUT2D eigenvalue weighted by atomic mass is 16.3. The summed E-state index contributed by atoms with van der Waals surface area (Å²) in [4.78, 5) is 0. The Bertz CT molecular complexity index is 335. The van der Waals surface area contributed by atoms with Crippen LogP contribution in [-0.2, 0) is 0 Å². The molecule has 1 nitrogen and oxygen atoms in total. The Morgan fingerprint density at radius 3 is 2.65 bits per heavy atom. The Kier molecular flexibility index (Phi) is 4.37. The average Bonchev–Trinajstić information content (AvgIpc) is 2.27. The number of hydrogen-bond donors (Lipinski definition) is 1. The lowest BCUT2D eigenvalue weighted by molar-refractivity contribution is 0.0430. The summed E-state index contributed by atoms with van der Waals surface area (Å²) in [6.07, 6.45) is 5.69. The third-order valence-electron chi connectivity index (χ3n) is 4.37. The molecule has 0 aromatic carbocycles. The van der Waals surface area contributed by atoms with E-state index in [0.29, 0.717) is 11.8 Å². The Labute approximate surface area is 106 Å². The van der Waals surface area contributed by atoms with Crippen molar-refractivity contribution in [1.82, 2.24) is 0 Å². The molecule has 1 rings (SSSR count). The number of allylic oxidation sites excluding steroid dienone is 3. The maximum atomic E-state index is 10.1. The molecular formula is C16H26O. The van der Waals surface area contributed by atoms with Crippen molar-refractivity contribution in [3.63, 3.8) is 0 Å². The third-order valence-corrected chi connectivity index (χ3v) is 4.37. The van der Waals surface area contributed by atoms with E-state index in [1.807, 2.05) is 0 Å². The van der Waals surface area contributed by atoms with Gasteiger partial charge in [-0.3, -0.25) is 0 Å². The molecule has 0 aromatic heterocycles. The van der Waals surface area contributed by atoms with Gasteiger partial charge < -0.3 is 5.11 Å². The highest BCUT2D eigenvalue weighted by Gasteiger charge is 2.38. The first kappa shape index (κ1) is 14.2. The molecule has 17 heavy (non-hydrogen) atoms. The summed E-state index contributed by atoms with van der Waals surface area (Å²) in [5.41, 5.74) is 2.49. The minimum absolute atomic E-state index is 0.156. The largest absolute Gasteiger partial charge is 0.388 e. The van der Waals surface area contributed by atoms with Crippen molar-refractivity contribution in [3.05, 3.63) is 36.5 Å². The zero-order valence-corrected chi connectivity index (χ0v) is 11.7. The predicted molar refractivity (Wildman–Crippen MR) is 74.8 cm³/mol. The second-order valence-electron chi connectivity index (χ2n) is 6.02. The minimum atomic E-state index is -0.459. The van der Waals surface area contributed by atoms with Gasteiger partial charge in [0.15, 0.2) is 0 Å². The summed E-state index contributed by atoms with van der Waals surface area (Å²) < 4.78 is 0. The van der Waals surface area contributed by atoms with E-state index in [1.54, 1.807) is 6.08 Å². The fraction of sp³-hybridized carbons (Fsp3) is 0.625. The van der Waals surface area contributed by atoms with Crippen LogP contribution in [0.4, 0.5) is 0 Å². The molecule has 0 aromatic rings. The summed E-state index contributed by atoms with van der Waals surface area (Å²) >= 11 is 0. The molecule has 3 atom stereocenters. The SMILES string of the molecule is C=CC(O)C(C)(C)[C@H]1C[C@@H](C(=C)C)CC=C1C. The van der Waals surface area contributed by atoms with Gasteiger partial charge in [0, 0.05) is 5.41 Å². The first-order valence-electron chi connectivity index (χ1n) is 6.43. The van der Waals surface area contributed by atoms with Gasteiger partial charge >= 0.3 is 0 Å². The topological polar surface area (TPSA) is 20.2 Å². The molecule has 1 unspecified atom stereocenters. The second kappa shape index (κ2) is 5.22. The van der Waals surface area contributed by atoms with E-state index < -0.39 is 6.10 Å². The Hall–Kier alpha value is -0.820. The highest BCUT2D eigenvalue weighted by Crippen LogP contribution is 2.44. The molecular weight excluding hydrogens is 208 g/mol. The van der Waals surface area contributed by atoms with Crippen molar-refractivity contribution in [1.29, 1.82) is 0 Å². The van der Waals surface area contributed by atoms with Crippen molar-refractivity contribution in [2.24, 2.45) is 17.3 Å². The van der Waals surface area contributed by atoms with Crippen LogP contribution in [0.2, 0.25) is 0 Å². The first-order chi connectivity index (χ1) is 7.80.